The van der Waals surface area contributed by atoms with Crippen LogP contribution in [0.4, 0.5) is 4.39 Å². The van der Waals surface area contributed by atoms with Crippen molar-refractivity contribution in [2.75, 3.05) is 14.2 Å². The van der Waals surface area contributed by atoms with Crippen molar-refractivity contribution in [2.45, 2.75) is 0 Å². The van der Waals surface area contributed by atoms with Gasteiger partial charge in [-0.2, -0.15) is 0 Å². The fraction of sp³-hybridized carbons (Fsp3) is 0.0526. The summed E-state index contributed by atoms with van der Waals surface area (Å²) in [5.41, 5.74) is 5.99. The molecule has 0 radical (unpaired) electrons. The van der Waals surface area contributed by atoms with Crippen molar-refractivity contribution >= 4 is 34.8 Å². The molecule has 6 heteroatoms. The first-order valence-electron chi connectivity index (χ1n) is 13.9. The average molecular weight is 640 g/mol. The Morgan fingerprint density at radius 3 is 1.66 bits per heavy atom. The Morgan fingerprint density at radius 1 is 0.455 bits per heavy atom. The van der Waals surface area contributed by atoms with E-state index in [1.54, 1.807) is 44.6 Å². The van der Waals surface area contributed by atoms with E-state index in [2.05, 4.69) is 0 Å². The predicted molar refractivity (Wildman–Crippen MR) is 182 cm³/mol. The van der Waals surface area contributed by atoms with Crippen molar-refractivity contribution in [1.82, 2.24) is 0 Å². The monoisotopic (exact) mass is 638 g/mol. The third kappa shape index (κ3) is 5.44. The third-order valence-corrected chi connectivity index (χ3v) is 8.39. The zero-order valence-electron chi connectivity index (χ0n) is 23.9. The standard InChI is InChI=1S/C38H26Cl3FO2/c1-43-30-16-9-17-31(44-2)36(30)37-32(23-10-4-3-5-11-23)33(24-18-20-26(39)21-19-24)38(42)34(25-12-8-13-27(40)22-25)35(37)28-14-6-7-15-29(28)41/h3-22H,1-2H3. The summed E-state index contributed by atoms with van der Waals surface area (Å²) in [6, 6.07) is 37.1. The summed E-state index contributed by atoms with van der Waals surface area (Å²) in [5, 5.41) is 1.48. The zero-order valence-corrected chi connectivity index (χ0v) is 26.1. The van der Waals surface area contributed by atoms with E-state index in [0.717, 1.165) is 5.56 Å². The lowest BCUT2D eigenvalue weighted by molar-refractivity contribution is 0.397. The van der Waals surface area contributed by atoms with Gasteiger partial charge in [0.2, 0.25) is 0 Å². The smallest absolute Gasteiger partial charge is 0.140 e. The van der Waals surface area contributed by atoms with E-state index in [1.807, 2.05) is 91.0 Å². The molecule has 44 heavy (non-hydrogen) atoms. The first-order valence-corrected chi connectivity index (χ1v) is 15.0. The Labute approximate surface area is 271 Å². The van der Waals surface area contributed by atoms with Gasteiger partial charge >= 0.3 is 0 Å². The molecular formula is C38H26Cl3FO2. The normalized spacial score (nSPS) is 11.0. The molecule has 0 aliphatic carbocycles. The minimum Gasteiger partial charge on any atom is -0.496 e. The van der Waals surface area contributed by atoms with Crippen LogP contribution in [0.1, 0.15) is 0 Å². The van der Waals surface area contributed by atoms with E-state index < -0.39 is 5.82 Å². The Hall–Kier alpha value is -4.28. The largest absolute Gasteiger partial charge is 0.496 e. The second-order valence-electron chi connectivity index (χ2n) is 10.1. The molecule has 218 valence electrons. The molecule has 0 aromatic heterocycles. The van der Waals surface area contributed by atoms with Crippen molar-refractivity contribution in [3.05, 3.63) is 142 Å². The summed E-state index contributed by atoms with van der Waals surface area (Å²) in [6.07, 6.45) is 0. The molecule has 0 saturated carbocycles. The summed E-state index contributed by atoms with van der Waals surface area (Å²) in [4.78, 5) is 0. The maximum Gasteiger partial charge on any atom is 0.140 e. The molecule has 0 spiro atoms. The van der Waals surface area contributed by atoms with Gasteiger partial charge in [0, 0.05) is 48.4 Å². The summed E-state index contributed by atoms with van der Waals surface area (Å²) >= 11 is 19.8. The quantitative estimate of drug-likeness (QED) is 0.173. The second kappa shape index (κ2) is 12.8. The van der Waals surface area contributed by atoms with Crippen molar-refractivity contribution in [2.24, 2.45) is 0 Å². The molecule has 0 N–H and O–H groups in total. The fourth-order valence-corrected chi connectivity index (χ4v) is 6.24. The van der Waals surface area contributed by atoms with Crippen LogP contribution in [-0.2, 0) is 0 Å². The second-order valence-corrected chi connectivity index (χ2v) is 11.4. The third-order valence-electron chi connectivity index (χ3n) is 7.57. The number of ether oxygens (including phenoxy) is 2. The van der Waals surface area contributed by atoms with E-state index >= 15 is 4.39 Å². The van der Waals surface area contributed by atoms with Gasteiger partial charge < -0.3 is 9.47 Å². The first-order chi connectivity index (χ1) is 21.4. The van der Waals surface area contributed by atoms with Gasteiger partial charge in [0.1, 0.15) is 17.3 Å². The van der Waals surface area contributed by atoms with Crippen molar-refractivity contribution < 1.29 is 13.9 Å². The molecule has 0 fully saturated rings. The van der Waals surface area contributed by atoms with Crippen LogP contribution in [0.2, 0.25) is 15.1 Å². The van der Waals surface area contributed by atoms with E-state index in [4.69, 9.17) is 44.3 Å². The van der Waals surface area contributed by atoms with Gasteiger partial charge in [-0.3, -0.25) is 0 Å². The molecule has 0 bridgehead atoms. The van der Waals surface area contributed by atoms with Gasteiger partial charge in [-0.1, -0.05) is 114 Å². The van der Waals surface area contributed by atoms with Crippen LogP contribution in [0.15, 0.2) is 121 Å². The number of halogens is 4. The lowest BCUT2D eigenvalue weighted by Gasteiger charge is -2.27. The predicted octanol–water partition coefficient (Wildman–Crippen LogP) is 12.1. The molecule has 2 nitrogen and oxygen atoms in total. The molecule has 0 amide bonds. The topological polar surface area (TPSA) is 18.5 Å². The van der Waals surface area contributed by atoms with Crippen molar-refractivity contribution in [1.29, 1.82) is 0 Å². The highest BCUT2D eigenvalue weighted by Crippen LogP contribution is 2.56. The molecule has 6 rings (SSSR count). The maximum atomic E-state index is 17.8. The average Bonchev–Trinajstić information content (AvgIpc) is 3.05. The maximum absolute atomic E-state index is 17.8. The minimum absolute atomic E-state index is 0.341. The molecule has 0 atom stereocenters. The van der Waals surface area contributed by atoms with Crippen LogP contribution in [0.5, 0.6) is 11.5 Å². The van der Waals surface area contributed by atoms with Crippen LogP contribution in [0.25, 0.3) is 55.6 Å². The minimum atomic E-state index is -0.430. The van der Waals surface area contributed by atoms with Gasteiger partial charge in [-0.05, 0) is 59.2 Å². The lowest BCUT2D eigenvalue weighted by Crippen LogP contribution is -2.04. The van der Waals surface area contributed by atoms with E-state index in [1.165, 1.54) is 0 Å². The molecule has 0 unspecified atom stereocenters. The van der Waals surface area contributed by atoms with Crippen molar-refractivity contribution in [3.8, 4) is 67.1 Å². The molecular weight excluding hydrogens is 614 g/mol. The highest BCUT2D eigenvalue weighted by atomic mass is 35.5. The molecule has 6 aromatic rings. The van der Waals surface area contributed by atoms with Gasteiger partial charge in [0.15, 0.2) is 0 Å². The number of benzene rings is 6. The Kier molecular flexibility index (Phi) is 8.63. The van der Waals surface area contributed by atoms with E-state index in [0.29, 0.717) is 76.6 Å². The highest BCUT2D eigenvalue weighted by molar-refractivity contribution is 6.34. The summed E-state index contributed by atoms with van der Waals surface area (Å²) in [5.74, 6) is 0.682. The number of methoxy groups -OCH3 is 2. The number of hydrogen-bond acceptors (Lipinski definition) is 2. The molecule has 6 aromatic carbocycles. The summed E-state index contributed by atoms with van der Waals surface area (Å²) in [7, 11) is 3.22. The first kappa shape index (κ1) is 29.8. The molecule has 0 aliphatic heterocycles. The SMILES string of the molecule is COc1cccc(OC)c1-c1c(-c2ccccc2)c(-c2ccc(Cl)cc2)c(F)c(-c2cccc(Cl)c2)c1-c1ccccc1Cl. The van der Waals surface area contributed by atoms with Gasteiger partial charge in [-0.15, -0.1) is 0 Å². The fourth-order valence-electron chi connectivity index (χ4n) is 5.70. The summed E-state index contributed by atoms with van der Waals surface area (Å²) in [6.45, 7) is 0. The summed E-state index contributed by atoms with van der Waals surface area (Å²) < 4.78 is 29.7. The Morgan fingerprint density at radius 2 is 1.02 bits per heavy atom. The van der Waals surface area contributed by atoms with Crippen LogP contribution in [0, 0.1) is 5.82 Å². The molecule has 0 aliphatic rings. The highest BCUT2D eigenvalue weighted by Gasteiger charge is 2.32. The van der Waals surface area contributed by atoms with Gasteiger partial charge in [0.25, 0.3) is 0 Å². The van der Waals surface area contributed by atoms with Crippen LogP contribution in [-0.4, -0.2) is 14.2 Å². The van der Waals surface area contributed by atoms with Gasteiger partial charge in [0.05, 0.1) is 19.8 Å². The van der Waals surface area contributed by atoms with Crippen molar-refractivity contribution in [3.63, 3.8) is 0 Å². The Bertz CT molecular complexity index is 1950. The Balaban J connectivity index is 1.97. The van der Waals surface area contributed by atoms with Crippen LogP contribution >= 0.6 is 34.8 Å². The molecule has 0 saturated heterocycles. The van der Waals surface area contributed by atoms with Gasteiger partial charge in [-0.25, -0.2) is 4.39 Å². The van der Waals surface area contributed by atoms with E-state index in [9.17, 15) is 0 Å². The van der Waals surface area contributed by atoms with Crippen LogP contribution in [0.3, 0.4) is 0 Å². The van der Waals surface area contributed by atoms with E-state index in [-0.39, 0.29) is 0 Å². The number of hydrogen-bond donors (Lipinski definition) is 0. The molecule has 0 heterocycles. The zero-order chi connectivity index (χ0) is 30.8. The lowest BCUT2D eigenvalue weighted by atomic mass is 9.78. The van der Waals surface area contributed by atoms with Crippen LogP contribution < -0.4 is 9.47 Å². The number of rotatable bonds is 7.